The number of hydrogen-bond donors (Lipinski definition) is 1. The molecule has 1 fully saturated rings. The van der Waals surface area contributed by atoms with Crippen LogP contribution >= 0.6 is 0 Å². The van der Waals surface area contributed by atoms with Crippen LogP contribution in [0.4, 0.5) is 5.95 Å². The number of ether oxygens (including phenoxy) is 1. The molecule has 0 aliphatic carbocycles. The van der Waals surface area contributed by atoms with E-state index in [4.69, 9.17) is 4.74 Å². The topological polar surface area (TPSA) is 85.2 Å². The molecule has 1 spiro atoms. The largest absolute Gasteiger partial charge is 0.370 e. The zero-order valence-corrected chi connectivity index (χ0v) is 14.8. The van der Waals surface area contributed by atoms with Crippen molar-refractivity contribution in [3.63, 3.8) is 0 Å². The summed E-state index contributed by atoms with van der Waals surface area (Å²) >= 11 is 0. The summed E-state index contributed by atoms with van der Waals surface area (Å²) in [4.78, 5) is 33.1. The van der Waals surface area contributed by atoms with Crippen molar-refractivity contribution < 1.29 is 4.74 Å². The molecule has 2 aromatic rings. The van der Waals surface area contributed by atoms with E-state index in [1.165, 1.54) is 10.1 Å². The number of piperidine rings is 1. The smallest absolute Gasteiger partial charge is 0.329 e. The average Bonchev–Trinajstić information content (AvgIpc) is 2.92. The van der Waals surface area contributed by atoms with Crippen molar-refractivity contribution in [1.29, 1.82) is 0 Å². The maximum absolute atomic E-state index is 12.2. The minimum absolute atomic E-state index is 0.159. The number of fused-ring (bicyclic) bond motifs is 1. The van der Waals surface area contributed by atoms with Crippen LogP contribution in [-0.2, 0) is 18.8 Å². The number of nitrogens with zero attached hydrogens (tertiary/aromatic N) is 4. The van der Waals surface area contributed by atoms with Gasteiger partial charge in [-0.2, -0.15) is 4.98 Å². The lowest BCUT2D eigenvalue weighted by molar-refractivity contribution is -0.0327. The molecule has 8 nitrogen and oxygen atoms in total. The maximum Gasteiger partial charge on any atom is 0.329 e. The Bertz CT molecular complexity index is 973. The summed E-state index contributed by atoms with van der Waals surface area (Å²) in [5.74, 6) is 0.716. The minimum atomic E-state index is -0.448. The van der Waals surface area contributed by atoms with E-state index in [-0.39, 0.29) is 5.60 Å². The molecule has 0 bridgehead atoms. The number of anilines is 1. The van der Waals surface area contributed by atoms with Crippen molar-refractivity contribution in [2.45, 2.75) is 31.8 Å². The van der Waals surface area contributed by atoms with Gasteiger partial charge in [-0.05, 0) is 26.2 Å². The summed E-state index contributed by atoms with van der Waals surface area (Å²) in [7, 11) is 3.43. The van der Waals surface area contributed by atoms with Crippen molar-refractivity contribution >= 4 is 17.1 Å². The first-order valence-corrected chi connectivity index (χ1v) is 8.63. The Balaban J connectivity index is 1.68. The Morgan fingerprint density at radius 3 is 2.60 bits per heavy atom. The zero-order valence-electron chi connectivity index (χ0n) is 14.8. The number of aryl methyl sites for hydroxylation is 2. The van der Waals surface area contributed by atoms with Crippen LogP contribution in [0.3, 0.4) is 0 Å². The van der Waals surface area contributed by atoms with Gasteiger partial charge < -0.3 is 14.2 Å². The normalized spacial score (nSPS) is 20.3. The van der Waals surface area contributed by atoms with Crippen LogP contribution in [0.15, 0.2) is 21.2 Å². The van der Waals surface area contributed by atoms with Crippen LogP contribution in [0.5, 0.6) is 0 Å². The van der Waals surface area contributed by atoms with Crippen LogP contribution < -0.4 is 16.1 Å². The monoisotopic (exact) mass is 345 g/mol. The quantitative estimate of drug-likeness (QED) is 0.768. The Labute approximate surface area is 144 Å². The standard InChI is InChI=1S/C17H23N5O3/c1-11-4-9-25-17(10-11)5-7-22(8-6-17)15-18-13-12(20(15)2)14(23)19-16(24)21(13)3/h10H,4-9H2,1-3H3,(H,19,23,24). The molecule has 0 radical (unpaired) electrons. The van der Waals surface area contributed by atoms with E-state index >= 15 is 0 Å². The highest BCUT2D eigenvalue weighted by Crippen LogP contribution is 2.34. The first kappa shape index (κ1) is 16.1. The molecule has 8 heteroatoms. The van der Waals surface area contributed by atoms with Gasteiger partial charge in [0.1, 0.15) is 0 Å². The van der Waals surface area contributed by atoms with Crippen molar-refractivity contribution in [2.75, 3.05) is 24.6 Å². The van der Waals surface area contributed by atoms with Gasteiger partial charge in [0.25, 0.3) is 5.56 Å². The molecule has 2 aliphatic rings. The number of aromatic amines is 1. The van der Waals surface area contributed by atoms with Crippen molar-refractivity contribution in [3.8, 4) is 0 Å². The van der Waals surface area contributed by atoms with E-state index in [9.17, 15) is 9.59 Å². The second-order valence-corrected chi connectivity index (χ2v) is 7.10. The van der Waals surface area contributed by atoms with Crippen molar-refractivity contribution in [1.82, 2.24) is 19.1 Å². The van der Waals surface area contributed by atoms with Crippen LogP contribution in [0.2, 0.25) is 0 Å². The van der Waals surface area contributed by atoms with Gasteiger partial charge in [0.2, 0.25) is 5.95 Å². The first-order valence-electron chi connectivity index (χ1n) is 8.63. The lowest BCUT2D eigenvalue weighted by Gasteiger charge is -2.42. The highest BCUT2D eigenvalue weighted by molar-refractivity contribution is 5.74. The zero-order chi connectivity index (χ0) is 17.8. The summed E-state index contributed by atoms with van der Waals surface area (Å²) < 4.78 is 9.22. The number of H-pyrrole nitrogens is 1. The van der Waals surface area contributed by atoms with E-state index in [1.54, 1.807) is 11.6 Å². The summed E-state index contributed by atoms with van der Waals surface area (Å²) in [6.45, 7) is 4.54. The van der Waals surface area contributed by atoms with Crippen molar-refractivity contribution in [2.24, 2.45) is 14.1 Å². The molecule has 0 unspecified atom stereocenters. The second kappa shape index (κ2) is 5.59. The predicted molar refractivity (Wildman–Crippen MR) is 95.1 cm³/mol. The lowest BCUT2D eigenvalue weighted by Crippen LogP contribution is -2.47. The summed E-state index contributed by atoms with van der Waals surface area (Å²) in [5, 5.41) is 0. The van der Waals surface area contributed by atoms with Crippen LogP contribution in [0, 0.1) is 0 Å². The Kier molecular flexibility index (Phi) is 3.61. The molecule has 0 saturated carbocycles. The van der Waals surface area contributed by atoms with Gasteiger partial charge in [0.15, 0.2) is 11.2 Å². The van der Waals surface area contributed by atoms with Crippen LogP contribution in [-0.4, -0.2) is 44.4 Å². The van der Waals surface area contributed by atoms with E-state index in [2.05, 4.69) is 27.9 Å². The van der Waals surface area contributed by atoms with Crippen LogP contribution in [0.25, 0.3) is 11.2 Å². The fourth-order valence-corrected chi connectivity index (χ4v) is 3.93. The van der Waals surface area contributed by atoms with E-state index in [0.29, 0.717) is 17.1 Å². The lowest BCUT2D eigenvalue weighted by atomic mass is 9.87. The number of imidazole rings is 1. The van der Waals surface area contributed by atoms with Gasteiger partial charge in [-0.15, -0.1) is 0 Å². The van der Waals surface area contributed by atoms with E-state index in [1.807, 2.05) is 7.05 Å². The van der Waals surface area contributed by atoms with Crippen LogP contribution in [0.1, 0.15) is 26.2 Å². The SMILES string of the molecule is CC1=CC2(CCN(c3nc4c(c(=O)[nH]c(=O)n4C)n3C)CC2)OCC1. The minimum Gasteiger partial charge on any atom is -0.370 e. The van der Waals surface area contributed by atoms with Gasteiger partial charge in [0, 0.05) is 27.2 Å². The summed E-state index contributed by atoms with van der Waals surface area (Å²) in [6.07, 6.45) is 5.07. The third-order valence-electron chi connectivity index (χ3n) is 5.40. The van der Waals surface area contributed by atoms with Gasteiger partial charge >= 0.3 is 5.69 Å². The van der Waals surface area contributed by atoms with Gasteiger partial charge in [-0.25, -0.2) is 4.79 Å². The molecule has 1 saturated heterocycles. The fourth-order valence-electron chi connectivity index (χ4n) is 3.93. The molecule has 4 heterocycles. The number of nitrogens with one attached hydrogen (secondary N) is 1. The highest BCUT2D eigenvalue weighted by Gasteiger charge is 2.36. The summed E-state index contributed by atoms with van der Waals surface area (Å²) in [5.41, 5.74) is 1.22. The molecule has 25 heavy (non-hydrogen) atoms. The molecule has 0 atom stereocenters. The van der Waals surface area contributed by atoms with Gasteiger partial charge in [-0.3, -0.25) is 14.3 Å². The van der Waals surface area contributed by atoms with Gasteiger partial charge in [-0.1, -0.05) is 11.6 Å². The highest BCUT2D eigenvalue weighted by atomic mass is 16.5. The maximum atomic E-state index is 12.2. The predicted octanol–water partition coefficient (Wildman–Crippen LogP) is 0.666. The van der Waals surface area contributed by atoms with E-state index in [0.717, 1.165) is 39.0 Å². The molecule has 1 N–H and O–H groups in total. The second-order valence-electron chi connectivity index (χ2n) is 7.10. The third kappa shape index (κ3) is 2.52. The Morgan fingerprint density at radius 1 is 1.20 bits per heavy atom. The molecule has 2 aliphatic heterocycles. The molecular weight excluding hydrogens is 322 g/mol. The molecule has 134 valence electrons. The van der Waals surface area contributed by atoms with Crippen molar-refractivity contribution in [3.05, 3.63) is 32.5 Å². The first-order chi connectivity index (χ1) is 11.9. The summed E-state index contributed by atoms with van der Waals surface area (Å²) in [6, 6.07) is 0. The number of rotatable bonds is 1. The molecule has 2 aromatic heterocycles. The van der Waals surface area contributed by atoms with E-state index < -0.39 is 11.2 Å². The third-order valence-corrected chi connectivity index (χ3v) is 5.40. The average molecular weight is 345 g/mol. The molecule has 0 aromatic carbocycles. The molecular formula is C17H23N5O3. The Morgan fingerprint density at radius 2 is 1.92 bits per heavy atom. The Hall–Kier alpha value is -2.35. The van der Waals surface area contributed by atoms with Gasteiger partial charge in [0.05, 0.1) is 12.2 Å². The fraction of sp³-hybridized carbons (Fsp3) is 0.588. The molecule has 0 amide bonds. The number of hydrogen-bond acceptors (Lipinski definition) is 5. The number of aromatic nitrogens is 4. The molecule has 4 rings (SSSR count).